The number of nitrogens with zero attached hydrogens (tertiary/aromatic N) is 1. The van der Waals surface area contributed by atoms with Crippen LogP contribution in [0.2, 0.25) is 0 Å². The summed E-state index contributed by atoms with van der Waals surface area (Å²) in [6, 6.07) is 5.64. The van der Waals surface area contributed by atoms with Crippen LogP contribution in [0.4, 0.5) is 4.39 Å². The van der Waals surface area contributed by atoms with E-state index in [2.05, 4.69) is 10.2 Å². The number of hydrogen-bond donors (Lipinski definition) is 1. The van der Waals surface area contributed by atoms with E-state index in [4.69, 9.17) is 4.74 Å². The number of nitrogens with one attached hydrogen (secondary N) is 1. The molecule has 0 aliphatic carbocycles. The van der Waals surface area contributed by atoms with Crippen LogP contribution in [-0.2, 0) is 0 Å². The van der Waals surface area contributed by atoms with Gasteiger partial charge in [-0.05, 0) is 63.6 Å². The molecule has 0 radical (unpaired) electrons. The molecule has 106 valence electrons. The van der Waals surface area contributed by atoms with Crippen LogP contribution in [0.3, 0.4) is 0 Å². The summed E-state index contributed by atoms with van der Waals surface area (Å²) in [5.74, 6) is 0.0474. The summed E-state index contributed by atoms with van der Waals surface area (Å²) in [6.45, 7) is 3.17. The lowest BCUT2D eigenvalue weighted by Gasteiger charge is -2.28. The van der Waals surface area contributed by atoms with Gasteiger partial charge in [0, 0.05) is 6.04 Å². The van der Waals surface area contributed by atoms with Gasteiger partial charge in [-0.2, -0.15) is 0 Å². The van der Waals surface area contributed by atoms with E-state index in [0.29, 0.717) is 11.8 Å². The zero-order chi connectivity index (χ0) is 13.7. The highest BCUT2D eigenvalue weighted by Gasteiger charge is 2.23. The zero-order valence-corrected chi connectivity index (χ0v) is 11.8. The summed E-state index contributed by atoms with van der Waals surface area (Å²) in [6.07, 6.45) is 3.49. The summed E-state index contributed by atoms with van der Waals surface area (Å²) >= 11 is 0. The standard InChI is InChI=1S/C15H23FN2O/c1-17-8-7-14(18-9-3-4-10-18)12-5-6-15(19-2)13(16)11-12/h5-6,11,14,17H,3-4,7-10H2,1-2H3. The molecule has 0 saturated carbocycles. The molecule has 0 amide bonds. The first-order valence-electron chi connectivity index (χ1n) is 6.98. The van der Waals surface area contributed by atoms with Crippen molar-refractivity contribution in [2.45, 2.75) is 25.3 Å². The van der Waals surface area contributed by atoms with Crippen LogP contribution in [0, 0.1) is 5.82 Å². The van der Waals surface area contributed by atoms with E-state index >= 15 is 0 Å². The van der Waals surface area contributed by atoms with Gasteiger partial charge < -0.3 is 10.1 Å². The van der Waals surface area contributed by atoms with Crippen molar-refractivity contribution in [2.75, 3.05) is 33.8 Å². The van der Waals surface area contributed by atoms with Gasteiger partial charge in [0.1, 0.15) is 0 Å². The minimum absolute atomic E-state index is 0.270. The van der Waals surface area contributed by atoms with Crippen LogP contribution in [0.25, 0.3) is 0 Å². The normalized spacial score (nSPS) is 17.6. The van der Waals surface area contributed by atoms with Crippen molar-refractivity contribution >= 4 is 0 Å². The lowest BCUT2D eigenvalue weighted by molar-refractivity contribution is 0.232. The van der Waals surface area contributed by atoms with Crippen molar-refractivity contribution in [3.8, 4) is 5.75 Å². The molecule has 1 aliphatic heterocycles. The monoisotopic (exact) mass is 266 g/mol. The van der Waals surface area contributed by atoms with Crippen molar-refractivity contribution in [1.29, 1.82) is 0 Å². The largest absolute Gasteiger partial charge is 0.494 e. The molecule has 1 aliphatic rings. The molecule has 19 heavy (non-hydrogen) atoms. The zero-order valence-electron chi connectivity index (χ0n) is 11.8. The van der Waals surface area contributed by atoms with Crippen LogP contribution in [0.5, 0.6) is 5.75 Å². The first kappa shape index (κ1) is 14.3. The van der Waals surface area contributed by atoms with Crippen molar-refractivity contribution in [2.24, 2.45) is 0 Å². The Bertz CT molecular complexity index is 405. The molecule has 1 atom stereocenters. The summed E-state index contributed by atoms with van der Waals surface area (Å²) in [5, 5.41) is 3.18. The van der Waals surface area contributed by atoms with Gasteiger partial charge in [0.2, 0.25) is 0 Å². The average molecular weight is 266 g/mol. The van der Waals surface area contributed by atoms with Crippen LogP contribution >= 0.6 is 0 Å². The lowest BCUT2D eigenvalue weighted by atomic mass is 10.0. The molecule has 1 fully saturated rings. The maximum Gasteiger partial charge on any atom is 0.165 e. The fraction of sp³-hybridized carbons (Fsp3) is 0.600. The Morgan fingerprint density at radius 2 is 2.11 bits per heavy atom. The second-order valence-electron chi connectivity index (χ2n) is 5.05. The fourth-order valence-electron chi connectivity index (χ4n) is 2.78. The maximum atomic E-state index is 13.9. The van der Waals surface area contributed by atoms with Gasteiger partial charge in [0.05, 0.1) is 7.11 Å². The minimum Gasteiger partial charge on any atom is -0.494 e. The van der Waals surface area contributed by atoms with Gasteiger partial charge in [-0.15, -0.1) is 0 Å². The third-order valence-corrected chi connectivity index (χ3v) is 3.81. The molecule has 4 heteroatoms. The van der Waals surface area contributed by atoms with Gasteiger partial charge in [-0.1, -0.05) is 6.07 Å². The predicted molar refractivity (Wildman–Crippen MR) is 75.0 cm³/mol. The quantitative estimate of drug-likeness (QED) is 0.856. The topological polar surface area (TPSA) is 24.5 Å². The van der Waals surface area contributed by atoms with E-state index in [0.717, 1.165) is 31.6 Å². The second kappa shape index (κ2) is 6.87. The number of hydrogen-bond acceptors (Lipinski definition) is 3. The molecule has 1 aromatic carbocycles. The van der Waals surface area contributed by atoms with Gasteiger partial charge >= 0.3 is 0 Å². The lowest BCUT2D eigenvalue weighted by Crippen LogP contribution is -2.28. The number of halogens is 1. The fourth-order valence-corrected chi connectivity index (χ4v) is 2.78. The van der Waals surface area contributed by atoms with Crippen molar-refractivity contribution < 1.29 is 9.13 Å². The number of ether oxygens (including phenoxy) is 1. The molecule has 1 unspecified atom stereocenters. The van der Waals surface area contributed by atoms with Crippen LogP contribution in [0.15, 0.2) is 18.2 Å². The molecule has 1 heterocycles. The van der Waals surface area contributed by atoms with E-state index in [9.17, 15) is 4.39 Å². The Labute approximate surface area is 114 Å². The second-order valence-corrected chi connectivity index (χ2v) is 5.05. The van der Waals surface area contributed by atoms with Crippen LogP contribution < -0.4 is 10.1 Å². The summed E-state index contributed by atoms with van der Waals surface area (Å²) in [7, 11) is 3.45. The van der Waals surface area contributed by atoms with E-state index in [1.54, 1.807) is 12.1 Å². The molecular formula is C15H23FN2O. The predicted octanol–water partition coefficient (Wildman–Crippen LogP) is 2.58. The molecule has 1 N–H and O–H groups in total. The average Bonchev–Trinajstić information content (AvgIpc) is 2.93. The summed E-state index contributed by atoms with van der Waals surface area (Å²) < 4.78 is 18.8. The van der Waals surface area contributed by atoms with Crippen molar-refractivity contribution in [3.05, 3.63) is 29.6 Å². The van der Waals surface area contributed by atoms with Crippen LogP contribution in [0.1, 0.15) is 30.9 Å². The Kier molecular flexibility index (Phi) is 5.16. The number of likely N-dealkylation sites (tertiary alicyclic amines) is 1. The number of rotatable bonds is 6. The Morgan fingerprint density at radius 3 is 2.68 bits per heavy atom. The Hall–Kier alpha value is -1.13. The number of benzene rings is 1. The molecule has 1 saturated heterocycles. The first-order valence-corrected chi connectivity index (χ1v) is 6.98. The molecular weight excluding hydrogens is 243 g/mol. The van der Waals surface area contributed by atoms with Crippen molar-refractivity contribution in [3.63, 3.8) is 0 Å². The minimum atomic E-state index is -0.270. The summed E-state index contributed by atoms with van der Waals surface area (Å²) in [4.78, 5) is 2.46. The highest BCUT2D eigenvalue weighted by atomic mass is 19.1. The Morgan fingerprint density at radius 1 is 1.37 bits per heavy atom. The first-order chi connectivity index (χ1) is 9.26. The van der Waals surface area contributed by atoms with Crippen LogP contribution in [-0.4, -0.2) is 38.7 Å². The molecule has 0 aromatic heterocycles. The van der Waals surface area contributed by atoms with Gasteiger partial charge in [0.15, 0.2) is 11.6 Å². The van der Waals surface area contributed by atoms with E-state index in [-0.39, 0.29) is 5.82 Å². The highest BCUT2D eigenvalue weighted by Crippen LogP contribution is 2.30. The highest BCUT2D eigenvalue weighted by molar-refractivity contribution is 5.31. The Balaban J connectivity index is 2.18. The van der Waals surface area contributed by atoms with Gasteiger partial charge in [-0.3, -0.25) is 4.90 Å². The van der Waals surface area contributed by atoms with Crippen molar-refractivity contribution in [1.82, 2.24) is 10.2 Å². The van der Waals surface area contributed by atoms with Gasteiger partial charge in [-0.25, -0.2) is 4.39 Å². The molecule has 0 bridgehead atoms. The third kappa shape index (κ3) is 3.45. The molecule has 0 spiro atoms. The molecule has 3 nitrogen and oxygen atoms in total. The SMILES string of the molecule is CNCCC(c1ccc(OC)c(F)c1)N1CCCC1. The smallest absolute Gasteiger partial charge is 0.165 e. The number of methoxy groups -OCH3 is 1. The van der Waals surface area contributed by atoms with E-state index in [1.165, 1.54) is 20.0 Å². The molecule has 2 rings (SSSR count). The van der Waals surface area contributed by atoms with Gasteiger partial charge in [0.25, 0.3) is 0 Å². The molecule has 1 aromatic rings. The van der Waals surface area contributed by atoms with E-state index in [1.807, 2.05) is 13.1 Å². The van der Waals surface area contributed by atoms with E-state index < -0.39 is 0 Å². The summed E-state index contributed by atoms with van der Waals surface area (Å²) in [5.41, 5.74) is 1.05. The third-order valence-electron chi connectivity index (χ3n) is 3.81. The maximum absolute atomic E-state index is 13.9.